The minimum atomic E-state index is -0.162. The van der Waals surface area contributed by atoms with Crippen molar-refractivity contribution in [2.24, 2.45) is 0 Å². The van der Waals surface area contributed by atoms with Gasteiger partial charge in [0.2, 0.25) is 0 Å². The van der Waals surface area contributed by atoms with Crippen molar-refractivity contribution in [3.8, 4) is 90.3 Å². The van der Waals surface area contributed by atoms with Crippen LogP contribution >= 0.6 is 0 Å². The number of aromatic nitrogens is 8. The lowest BCUT2D eigenvalue weighted by Crippen LogP contribution is -2.15. The molecule has 0 amide bonds. The molecule has 0 aliphatic heterocycles. The summed E-state index contributed by atoms with van der Waals surface area (Å²) in [6, 6.07) is 54.9. The first-order valence-corrected chi connectivity index (χ1v) is 21.6. The summed E-state index contributed by atoms with van der Waals surface area (Å²) in [5.74, 6) is 1.89. The molecule has 0 radical (unpaired) electrons. The Bertz CT molecular complexity index is 3370. The molecule has 8 nitrogen and oxygen atoms in total. The standard InChI is InChI=1S/C56H40N8/c1-55(2)42-14-7-5-12-38(42)40-25-22-36(30-44(40)55)53-61-52(62-54(63-53)37-23-26-41-39-13-6-8-15-43(39)56(3,4)45(41)31-37)34-20-18-33(19-21-34)35-24-27-46-49(32-35)60-50(47-16-9-10-28-57-47)51(59-46)48-17-11-29-58-64-48/h5-32H,1-4H3. The first-order valence-electron chi connectivity index (χ1n) is 21.6. The van der Waals surface area contributed by atoms with Gasteiger partial charge in [-0.05, 0) is 104 Å². The summed E-state index contributed by atoms with van der Waals surface area (Å²) in [6.07, 6.45) is 3.41. The second-order valence-electron chi connectivity index (χ2n) is 17.7. The van der Waals surface area contributed by atoms with Crippen LogP contribution in [0.1, 0.15) is 49.9 Å². The van der Waals surface area contributed by atoms with Gasteiger partial charge in [-0.3, -0.25) is 4.98 Å². The topological polar surface area (TPSA) is 103 Å². The van der Waals surface area contributed by atoms with Gasteiger partial charge in [0.1, 0.15) is 17.1 Å². The summed E-state index contributed by atoms with van der Waals surface area (Å²) in [5, 5.41) is 8.44. The van der Waals surface area contributed by atoms with E-state index in [9.17, 15) is 0 Å². The van der Waals surface area contributed by atoms with Gasteiger partial charge >= 0.3 is 0 Å². The molecule has 4 aromatic heterocycles. The molecule has 2 aliphatic carbocycles. The summed E-state index contributed by atoms with van der Waals surface area (Å²) in [7, 11) is 0. The Hall–Kier alpha value is -8.10. The molecule has 0 saturated heterocycles. The Morgan fingerprint density at radius 1 is 0.344 bits per heavy atom. The van der Waals surface area contributed by atoms with Gasteiger partial charge in [-0.1, -0.05) is 137 Å². The quantitative estimate of drug-likeness (QED) is 0.163. The zero-order chi connectivity index (χ0) is 43.2. The summed E-state index contributed by atoms with van der Waals surface area (Å²) >= 11 is 0. The van der Waals surface area contributed by atoms with Crippen molar-refractivity contribution in [1.82, 2.24) is 40.1 Å². The zero-order valence-electron chi connectivity index (χ0n) is 35.7. The van der Waals surface area contributed by atoms with Crippen molar-refractivity contribution in [3.05, 3.63) is 192 Å². The van der Waals surface area contributed by atoms with Gasteiger partial charge in [0.25, 0.3) is 0 Å². The molecule has 0 unspecified atom stereocenters. The maximum absolute atomic E-state index is 5.25. The number of benzene rings is 6. The van der Waals surface area contributed by atoms with Crippen molar-refractivity contribution < 1.29 is 0 Å². The highest BCUT2D eigenvalue weighted by molar-refractivity contribution is 5.88. The van der Waals surface area contributed by atoms with Crippen LogP contribution in [-0.2, 0) is 10.8 Å². The van der Waals surface area contributed by atoms with Crippen molar-refractivity contribution in [2.75, 3.05) is 0 Å². The van der Waals surface area contributed by atoms with Crippen LogP contribution in [-0.4, -0.2) is 40.1 Å². The molecule has 8 heteroatoms. The second kappa shape index (κ2) is 14.2. The first kappa shape index (κ1) is 37.6. The van der Waals surface area contributed by atoms with Crippen molar-refractivity contribution in [1.29, 1.82) is 0 Å². The molecule has 0 fully saturated rings. The normalized spacial score (nSPS) is 13.9. The van der Waals surface area contributed by atoms with Gasteiger partial charge in [0.05, 0.1) is 16.7 Å². The van der Waals surface area contributed by atoms with E-state index >= 15 is 0 Å². The third-order valence-corrected chi connectivity index (χ3v) is 13.2. The SMILES string of the molecule is CC1(C)c2ccccc2-c2ccc(-c3nc(-c4ccc(-c5ccc6nc(-c7cccnn7)c(-c7ccccn7)nc6c5)cc4)nc(-c4ccc5c(c4)C(C)(C)c4ccccc4-5)n3)cc21. The molecule has 10 aromatic rings. The van der Waals surface area contributed by atoms with E-state index in [-0.39, 0.29) is 10.8 Å². The number of nitrogens with zero attached hydrogens (tertiary/aromatic N) is 8. The molecule has 64 heavy (non-hydrogen) atoms. The number of hydrogen-bond donors (Lipinski definition) is 0. The lowest BCUT2D eigenvalue weighted by molar-refractivity contribution is 0.660. The molecule has 0 spiro atoms. The van der Waals surface area contributed by atoms with Gasteiger partial charge in [-0.15, -0.1) is 5.10 Å². The van der Waals surface area contributed by atoms with Gasteiger partial charge < -0.3 is 0 Å². The van der Waals surface area contributed by atoms with Crippen LogP contribution in [0.5, 0.6) is 0 Å². The van der Waals surface area contributed by atoms with Gasteiger partial charge in [0.15, 0.2) is 17.5 Å². The predicted octanol–water partition coefficient (Wildman–Crippen LogP) is 12.6. The lowest BCUT2D eigenvalue weighted by atomic mass is 9.82. The van der Waals surface area contributed by atoms with Gasteiger partial charge in [-0.2, -0.15) is 5.10 Å². The van der Waals surface area contributed by atoms with E-state index in [1.54, 1.807) is 12.4 Å². The van der Waals surface area contributed by atoms with E-state index in [1.165, 1.54) is 44.5 Å². The average Bonchev–Trinajstić information content (AvgIpc) is 3.72. The molecule has 12 rings (SSSR count). The Balaban J connectivity index is 0.955. The first-order chi connectivity index (χ1) is 31.2. The van der Waals surface area contributed by atoms with Crippen LogP contribution in [0.2, 0.25) is 0 Å². The highest BCUT2D eigenvalue weighted by Gasteiger charge is 2.37. The Morgan fingerprint density at radius 3 is 1.44 bits per heavy atom. The monoisotopic (exact) mass is 824 g/mol. The Morgan fingerprint density at radius 2 is 0.844 bits per heavy atom. The second-order valence-corrected chi connectivity index (χ2v) is 17.7. The van der Waals surface area contributed by atoms with Crippen LogP contribution in [0.25, 0.3) is 101 Å². The molecule has 2 aliphatic rings. The molecular formula is C56H40N8. The Kier molecular flexibility index (Phi) is 8.37. The highest BCUT2D eigenvalue weighted by atomic mass is 15.1. The fraction of sp³-hybridized carbons (Fsp3) is 0.107. The highest BCUT2D eigenvalue weighted by Crippen LogP contribution is 2.51. The molecule has 0 bridgehead atoms. The largest absolute Gasteiger partial charge is 0.255 e. The van der Waals surface area contributed by atoms with E-state index in [2.05, 4.69) is 164 Å². The molecule has 0 N–H and O–H groups in total. The van der Waals surface area contributed by atoms with Gasteiger partial charge in [-0.25, -0.2) is 24.9 Å². The Labute approximate surface area is 370 Å². The van der Waals surface area contributed by atoms with Crippen LogP contribution in [0.15, 0.2) is 170 Å². The maximum atomic E-state index is 5.25. The van der Waals surface area contributed by atoms with E-state index in [0.717, 1.165) is 38.9 Å². The van der Waals surface area contributed by atoms with Crippen molar-refractivity contribution in [2.45, 2.75) is 38.5 Å². The number of fused-ring (bicyclic) bond motifs is 7. The third-order valence-electron chi connectivity index (χ3n) is 13.2. The maximum Gasteiger partial charge on any atom is 0.164 e. The molecule has 0 atom stereocenters. The van der Waals surface area contributed by atoms with Crippen LogP contribution < -0.4 is 0 Å². The van der Waals surface area contributed by atoms with E-state index < -0.39 is 0 Å². The summed E-state index contributed by atoms with van der Waals surface area (Å²) < 4.78 is 0. The van der Waals surface area contributed by atoms with Gasteiger partial charge in [0, 0.05) is 39.9 Å². The summed E-state index contributed by atoms with van der Waals surface area (Å²) in [5.41, 5.74) is 19.0. The van der Waals surface area contributed by atoms with Crippen LogP contribution in [0.3, 0.4) is 0 Å². The zero-order valence-corrected chi connectivity index (χ0v) is 35.7. The van der Waals surface area contributed by atoms with E-state index in [0.29, 0.717) is 40.2 Å². The molecular weight excluding hydrogens is 785 g/mol. The smallest absolute Gasteiger partial charge is 0.164 e. The molecule has 304 valence electrons. The number of hydrogen-bond acceptors (Lipinski definition) is 8. The average molecular weight is 825 g/mol. The van der Waals surface area contributed by atoms with Crippen LogP contribution in [0.4, 0.5) is 0 Å². The number of pyridine rings is 1. The predicted molar refractivity (Wildman–Crippen MR) is 254 cm³/mol. The molecule has 6 aromatic carbocycles. The van der Waals surface area contributed by atoms with E-state index in [4.69, 9.17) is 24.9 Å². The fourth-order valence-corrected chi connectivity index (χ4v) is 9.78. The molecule has 0 saturated carbocycles. The summed E-state index contributed by atoms with van der Waals surface area (Å²) in [4.78, 5) is 30.4. The third kappa shape index (κ3) is 5.97. The van der Waals surface area contributed by atoms with Crippen molar-refractivity contribution >= 4 is 11.0 Å². The summed E-state index contributed by atoms with van der Waals surface area (Å²) in [6.45, 7) is 9.21. The molecule has 4 heterocycles. The van der Waals surface area contributed by atoms with Crippen molar-refractivity contribution in [3.63, 3.8) is 0 Å². The van der Waals surface area contributed by atoms with Crippen LogP contribution in [0, 0.1) is 0 Å². The fourth-order valence-electron chi connectivity index (χ4n) is 9.78. The minimum absolute atomic E-state index is 0.162. The number of rotatable bonds is 6. The minimum Gasteiger partial charge on any atom is -0.255 e. The van der Waals surface area contributed by atoms with E-state index in [1.807, 2.05) is 36.4 Å². The lowest BCUT2D eigenvalue weighted by Gasteiger charge is -2.22.